The molecule has 0 fully saturated rings. The minimum absolute atomic E-state index is 0.0940. The summed E-state index contributed by atoms with van der Waals surface area (Å²) in [5, 5.41) is 10.4. The highest BCUT2D eigenvalue weighted by Crippen LogP contribution is 2.19. The molecule has 0 unspecified atom stereocenters. The molecule has 2 aromatic rings. The topological polar surface area (TPSA) is 86.3 Å². The van der Waals surface area contributed by atoms with Gasteiger partial charge in [0.1, 0.15) is 0 Å². The third kappa shape index (κ3) is 4.57. The third-order valence-corrected chi connectivity index (χ3v) is 4.87. The van der Waals surface area contributed by atoms with E-state index in [1.165, 1.54) is 12.1 Å². The molecule has 0 radical (unpaired) electrons. The number of nitrogens with one attached hydrogen (secondary N) is 1. The lowest BCUT2D eigenvalue weighted by molar-refractivity contribution is -0.305. The predicted molar refractivity (Wildman–Crippen MR) is 84.7 cm³/mol. The lowest BCUT2D eigenvalue weighted by atomic mass is 10.1. The van der Waals surface area contributed by atoms with Gasteiger partial charge in [-0.05, 0) is 54.8 Å². The van der Waals surface area contributed by atoms with Crippen LogP contribution in [0.5, 0.6) is 0 Å². The average Bonchev–Trinajstić information content (AvgIpc) is 2.48. The molecule has 116 valence electrons. The number of carboxylic acid groups (broad SMARTS) is 1. The van der Waals surface area contributed by atoms with E-state index in [0.29, 0.717) is 12.1 Å². The Bertz CT molecular complexity index is 755. The molecule has 7 heteroatoms. The molecule has 0 atom stereocenters. The molecule has 0 bridgehead atoms. The van der Waals surface area contributed by atoms with Crippen molar-refractivity contribution in [2.24, 2.45) is 0 Å². The number of benzene rings is 2. The molecule has 0 spiro atoms. The Labute approximate surface area is 137 Å². The second-order valence-electron chi connectivity index (χ2n) is 4.63. The van der Waals surface area contributed by atoms with Crippen LogP contribution in [0.2, 0.25) is 0 Å². The van der Waals surface area contributed by atoms with Gasteiger partial charge in [-0.2, -0.15) is 0 Å². The van der Waals surface area contributed by atoms with Crippen molar-refractivity contribution in [2.75, 3.05) is 4.72 Å². The zero-order chi connectivity index (χ0) is 16.2. The lowest BCUT2D eigenvalue weighted by Crippen LogP contribution is -2.22. The first kappa shape index (κ1) is 16.5. The van der Waals surface area contributed by atoms with Gasteiger partial charge in [-0.15, -0.1) is 0 Å². The van der Waals surface area contributed by atoms with Crippen LogP contribution < -0.4 is 9.83 Å². The number of carbonyl (C=O) groups is 1. The van der Waals surface area contributed by atoms with E-state index in [4.69, 9.17) is 0 Å². The van der Waals surface area contributed by atoms with Gasteiger partial charge in [0.15, 0.2) is 0 Å². The van der Waals surface area contributed by atoms with Gasteiger partial charge < -0.3 is 9.90 Å². The molecule has 22 heavy (non-hydrogen) atoms. The third-order valence-electron chi connectivity index (χ3n) is 2.95. The van der Waals surface area contributed by atoms with Crippen LogP contribution in [0.4, 0.5) is 5.69 Å². The summed E-state index contributed by atoms with van der Waals surface area (Å²) >= 11 is 3.28. The Balaban J connectivity index is 2.12. The summed E-state index contributed by atoms with van der Waals surface area (Å²) in [4.78, 5) is 10.5. The number of carbonyl (C=O) groups excluding carboxylic acids is 1. The van der Waals surface area contributed by atoms with Gasteiger partial charge in [-0.3, -0.25) is 4.72 Å². The normalized spacial score (nSPS) is 11.1. The van der Waals surface area contributed by atoms with Crippen LogP contribution in [0.25, 0.3) is 0 Å². The Kier molecular flexibility index (Phi) is 5.20. The first-order valence-corrected chi connectivity index (χ1v) is 8.71. The molecule has 0 heterocycles. The number of rotatable bonds is 6. The second kappa shape index (κ2) is 6.93. The standard InChI is InChI=1S/C15H14BrNO4S/c16-12-4-6-13(7-5-12)17-22(20,21)14-8-1-11(2-9-14)3-10-15(18)19/h1-2,4-9,17H,3,10H2,(H,18,19)/p-1. The minimum atomic E-state index is -3.67. The van der Waals surface area contributed by atoms with Crippen LogP contribution in [0.15, 0.2) is 57.9 Å². The van der Waals surface area contributed by atoms with Crippen molar-refractivity contribution in [2.45, 2.75) is 17.7 Å². The van der Waals surface area contributed by atoms with Crippen LogP contribution in [-0.2, 0) is 21.2 Å². The highest BCUT2D eigenvalue weighted by Gasteiger charge is 2.13. The Morgan fingerprint density at radius 3 is 2.18 bits per heavy atom. The molecule has 0 aliphatic carbocycles. The molecule has 0 saturated heterocycles. The van der Waals surface area contributed by atoms with Crippen molar-refractivity contribution in [3.05, 3.63) is 58.6 Å². The van der Waals surface area contributed by atoms with E-state index in [-0.39, 0.29) is 11.3 Å². The van der Waals surface area contributed by atoms with Crippen LogP contribution in [0, 0.1) is 0 Å². The molecule has 1 N–H and O–H groups in total. The summed E-state index contributed by atoms with van der Waals surface area (Å²) in [5.74, 6) is -1.13. The molecule has 0 aliphatic heterocycles. The van der Waals surface area contributed by atoms with Gasteiger partial charge in [0, 0.05) is 16.1 Å². The van der Waals surface area contributed by atoms with Gasteiger partial charge in [0.2, 0.25) is 0 Å². The number of carboxylic acids is 1. The smallest absolute Gasteiger partial charge is 0.261 e. The van der Waals surface area contributed by atoms with E-state index in [0.717, 1.165) is 10.0 Å². The van der Waals surface area contributed by atoms with E-state index in [2.05, 4.69) is 20.7 Å². The molecule has 0 aromatic heterocycles. The van der Waals surface area contributed by atoms with Crippen LogP contribution in [-0.4, -0.2) is 14.4 Å². The van der Waals surface area contributed by atoms with Gasteiger partial charge >= 0.3 is 0 Å². The molecule has 2 rings (SSSR count). The van der Waals surface area contributed by atoms with Gasteiger partial charge in [-0.25, -0.2) is 8.42 Å². The molecule has 0 amide bonds. The Morgan fingerprint density at radius 1 is 1.05 bits per heavy atom. The molecule has 2 aromatic carbocycles. The van der Waals surface area contributed by atoms with Crippen molar-refractivity contribution in [1.82, 2.24) is 0 Å². The summed E-state index contributed by atoms with van der Waals surface area (Å²) in [6, 6.07) is 12.9. The predicted octanol–water partition coefficient (Wildman–Crippen LogP) is 1.93. The second-order valence-corrected chi connectivity index (χ2v) is 7.23. The van der Waals surface area contributed by atoms with Crippen LogP contribution in [0.3, 0.4) is 0 Å². The number of halogens is 1. The van der Waals surface area contributed by atoms with Crippen molar-refractivity contribution in [1.29, 1.82) is 0 Å². The summed E-state index contributed by atoms with van der Waals surface area (Å²) in [6.07, 6.45) is 0.214. The number of aryl methyl sites for hydroxylation is 1. The molecule has 0 saturated carbocycles. The fourth-order valence-electron chi connectivity index (χ4n) is 1.81. The highest BCUT2D eigenvalue weighted by atomic mass is 79.9. The first-order chi connectivity index (χ1) is 10.4. The first-order valence-electron chi connectivity index (χ1n) is 6.44. The highest BCUT2D eigenvalue weighted by molar-refractivity contribution is 9.10. The Hall–Kier alpha value is -1.86. The van der Waals surface area contributed by atoms with Gasteiger partial charge in [-0.1, -0.05) is 28.1 Å². The fourth-order valence-corrected chi connectivity index (χ4v) is 3.14. The Morgan fingerprint density at radius 2 is 1.64 bits per heavy atom. The van der Waals surface area contributed by atoms with E-state index in [1.807, 2.05) is 0 Å². The fraction of sp³-hybridized carbons (Fsp3) is 0.133. The average molecular weight is 383 g/mol. The number of hydrogen-bond acceptors (Lipinski definition) is 4. The maximum Gasteiger partial charge on any atom is 0.261 e. The van der Waals surface area contributed by atoms with Gasteiger partial charge in [0.05, 0.1) is 4.90 Å². The van der Waals surface area contributed by atoms with Crippen LogP contribution >= 0.6 is 15.9 Å². The molecule has 5 nitrogen and oxygen atoms in total. The summed E-state index contributed by atoms with van der Waals surface area (Å²) in [7, 11) is -3.67. The zero-order valence-electron chi connectivity index (χ0n) is 11.5. The summed E-state index contributed by atoms with van der Waals surface area (Å²) < 4.78 is 27.8. The maximum absolute atomic E-state index is 12.2. The number of aliphatic carboxylic acids is 1. The molecular weight excluding hydrogens is 370 g/mol. The van der Waals surface area contributed by atoms with Crippen molar-refractivity contribution < 1.29 is 18.3 Å². The van der Waals surface area contributed by atoms with Crippen molar-refractivity contribution in [3.8, 4) is 0 Å². The maximum atomic E-state index is 12.2. The number of anilines is 1. The van der Waals surface area contributed by atoms with Crippen molar-refractivity contribution in [3.63, 3.8) is 0 Å². The van der Waals surface area contributed by atoms with E-state index in [9.17, 15) is 18.3 Å². The van der Waals surface area contributed by atoms with Crippen LogP contribution in [0.1, 0.15) is 12.0 Å². The molecular formula is C15H13BrNO4S-. The minimum Gasteiger partial charge on any atom is -0.550 e. The quantitative estimate of drug-likeness (QED) is 0.826. The van der Waals surface area contributed by atoms with E-state index in [1.54, 1.807) is 36.4 Å². The van der Waals surface area contributed by atoms with E-state index < -0.39 is 16.0 Å². The van der Waals surface area contributed by atoms with Gasteiger partial charge in [0.25, 0.3) is 10.0 Å². The molecule has 0 aliphatic rings. The summed E-state index contributed by atoms with van der Waals surface area (Å²) in [6.45, 7) is 0. The van der Waals surface area contributed by atoms with Crippen molar-refractivity contribution >= 4 is 37.6 Å². The number of sulfonamides is 1. The SMILES string of the molecule is O=C([O-])CCc1ccc(S(=O)(=O)Nc2ccc(Br)cc2)cc1. The zero-order valence-corrected chi connectivity index (χ0v) is 13.9. The lowest BCUT2D eigenvalue weighted by Gasteiger charge is -2.09. The summed E-state index contributed by atoms with van der Waals surface area (Å²) in [5.41, 5.74) is 1.20. The largest absolute Gasteiger partial charge is 0.550 e. The van der Waals surface area contributed by atoms with E-state index >= 15 is 0 Å². The monoisotopic (exact) mass is 382 g/mol. The number of hydrogen-bond donors (Lipinski definition) is 1.